The Bertz CT molecular complexity index is 1170. The number of Topliss-reactive ketones (excluding diaryl/α,β-unsaturated/α-hetero) is 1. The molecule has 3 aromatic rings. The summed E-state index contributed by atoms with van der Waals surface area (Å²) in [7, 11) is 0. The molecule has 0 bridgehead atoms. The van der Waals surface area contributed by atoms with Crippen molar-refractivity contribution in [3.63, 3.8) is 0 Å². The molecule has 3 rings (SSSR count). The number of nitrogens with two attached hydrogens (primary N) is 1. The number of esters is 1. The Morgan fingerprint density at radius 3 is 2.48 bits per heavy atom. The van der Waals surface area contributed by atoms with Gasteiger partial charge in [0.15, 0.2) is 6.61 Å². The Labute approximate surface area is 168 Å². The summed E-state index contributed by atoms with van der Waals surface area (Å²) in [5, 5.41) is 9.63. The van der Waals surface area contributed by atoms with Crippen LogP contribution in [0.1, 0.15) is 22.8 Å². The molecule has 6 heteroatoms. The average Bonchev–Trinajstić information content (AvgIpc) is 2.72. The average molecular weight is 385 g/mol. The zero-order chi connectivity index (χ0) is 21.0. The van der Waals surface area contributed by atoms with Crippen molar-refractivity contribution in [1.29, 1.82) is 5.26 Å². The molecule has 0 spiro atoms. The standard InChI is InChI=1S/C23H19N3O3/c1-14-7-9-16(10-8-14)21-11-18(17-5-3-4-6-20(17)26-21)23(28)29-13-22(27)19(12-24)15(2)25/h3-11H,13,25H2,1-2H3. The maximum atomic E-state index is 12.7. The van der Waals surface area contributed by atoms with Gasteiger partial charge in [-0.15, -0.1) is 0 Å². The summed E-state index contributed by atoms with van der Waals surface area (Å²) in [6.07, 6.45) is 0. The van der Waals surface area contributed by atoms with Crippen molar-refractivity contribution in [1.82, 2.24) is 4.98 Å². The van der Waals surface area contributed by atoms with Gasteiger partial charge in [-0.25, -0.2) is 9.78 Å². The van der Waals surface area contributed by atoms with E-state index in [-0.39, 0.29) is 11.3 Å². The molecule has 0 unspecified atom stereocenters. The summed E-state index contributed by atoms with van der Waals surface area (Å²) in [6.45, 7) is 2.87. The van der Waals surface area contributed by atoms with E-state index in [1.807, 2.05) is 43.3 Å². The maximum absolute atomic E-state index is 12.7. The number of allylic oxidation sites excluding steroid dienone is 1. The lowest BCUT2D eigenvalue weighted by Gasteiger charge is -2.10. The number of nitrogens with zero attached hydrogens (tertiary/aromatic N) is 2. The molecule has 144 valence electrons. The van der Waals surface area contributed by atoms with Crippen LogP contribution in [-0.2, 0) is 9.53 Å². The van der Waals surface area contributed by atoms with Crippen LogP contribution in [0.2, 0.25) is 0 Å². The van der Waals surface area contributed by atoms with Crippen molar-refractivity contribution < 1.29 is 14.3 Å². The molecule has 0 aliphatic rings. The number of pyridine rings is 1. The molecular formula is C23H19N3O3. The Balaban J connectivity index is 1.96. The zero-order valence-electron chi connectivity index (χ0n) is 16.1. The van der Waals surface area contributed by atoms with E-state index in [2.05, 4.69) is 4.98 Å². The van der Waals surface area contributed by atoms with Crippen LogP contribution in [-0.4, -0.2) is 23.3 Å². The molecule has 2 aromatic carbocycles. The van der Waals surface area contributed by atoms with Crippen LogP contribution in [0.4, 0.5) is 0 Å². The molecule has 1 aromatic heterocycles. The third-order valence-electron chi connectivity index (χ3n) is 4.40. The number of nitriles is 1. The molecule has 0 aliphatic carbocycles. The Kier molecular flexibility index (Phi) is 5.70. The van der Waals surface area contributed by atoms with Crippen LogP contribution in [0.5, 0.6) is 0 Å². The second-order valence-electron chi connectivity index (χ2n) is 6.61. The molecule has 1 heterocycles. The number of aryl methyl sites for hydroxylation is 1. The van der Waals surface area contributed by atoms with Crippen molar-refractivity contribution in [2.45, 2.75) is 13.8 Å². The zero-order valence-corrected chi connectivity index (χ0v) is 16.1. The number of para-hydroxylation sites is 1. The van der Waals surface area contributed by atoms with E-state index < -0.39 is 18.4 Å². The summed E-state index contributed by atoms with van der Waals surface area (Å²) in [4.78, 5) is 29.5. The summed E-state index contributed by atoms with van der Waals surface area (Å²) >= 11 is 0. The molecular weight excluding hydrogens is 366 g/mol. The molecule has 0 amide bonds. The minimum absolute atomic E-state index is 0.0876. The number of hydrogen-bond acceptors (Lipinski definition) is 6. The minimum atomic E-state index is -0.669. The SMILES string of the molecule is CC(N)=C(C#N)C(=O)COC(=O)c1cc(-c2ccc(C)cc2)nc2ccccc12. The van der Waals surface area contributed by atoms with Gasteiger partial charge in [-0.2, -0.15) is 5.26 Å². The van der Waals surface area contributed by atoms with Gasteiger partial charge in [0.05, 0.1) is 16.8 Å². The van der Waals surface area contributed by atoms with E-state index in [4.69, 9.17) is 15.7 Å². The lowest BCUT2D eigenvalue weighted by Crippen LogP contribution is -2.18. The Hall–Kier alpha value is -3.98. The fourth-order valence-electron chi connectivity index (χ4n) is 2.87. The first-order valence-corrected chi connectivity index (χ1v) is 8.94. The molecule has 0 fully saturated rings. The van der Waals surface area contributed by atoms with Crippen LogP contribution < -0.4 is 5.73 Å². The number of ether oxygens (including phenoxy) is 1. The smallest absolute Gasteiger partial charge is 0.339 e. The molecule has 0 saturated carbocycles. The fraction of sp³-hybridized carbons (Fsp3) is 0.130. The van der Waals surface area contributed by atoms with Gasteiger partial charge in [-0.1, -0.05) is 48.0 Å². The number of benzene rings is 2. The van der Waals surface area contributed by atoms with E-state index >= 15 is 0 Å². The van der Waals surface area contributed by atoms with Crippen molar-refractivity contribution in [3.05, 3.63) is 77.0 Å². The number of hydrogen-bond donors (Lipinski definition) is 1. The van der Waals surface area contributed by atoms with E-state index in [0.29, 0.717) is 22.2 Å². The highest BCUT2D eigenvalue weighted by molar-refractivity contribution is 6.06. The highest BCUT2D eigenvalue weighted by Gasteiger charge is 2.18. The maximum Gasteiger partial charge on any atom is 0.339 e. The Morgan fingerprint density at radius 1 is 1.14 bits per heavy atom. The van der Waals surface area contributed by atoms with Crippen molar-refractivity contribution >= 4 is 22.7 Å². The first kappa shape index (κ1) is 19.8. The summed E-state index contributed by atoms with van der Waals surface area (Å²) in [6, 6.07) is 18.4. The van der Waals surface area contributed by atoms with Crippen LogP contribution >= 0.6 is 0 Å². The first-order chi connectivity index (χ1) is 13.9. The normalized spacial score (nSPS) is 11.5. The van der Waals surface area contributed by atoms with Gasteiger partial charge in [0.1, 0.15) is 11.6 Å². The molecule has 0 saturated heterocycles. The van der Waals surface area contributed by atoms with Gasteiger partial charge < -0.3 is 10.5 Å². The number of carbonyl (C=O) groups excluding carboxylic acids is 2. The number of ketones is 1. The fourth-order valence-corrected chi connectivity index (χ4v) is 2.87. The van der Waals surface area contributed by atoms with Crippen LogP contribution in [0.3, 0.4) is 0 Å². The van der Waals surface area contributed by atoms with E-state index in [1.165, 1.54) is 6.92 Å². The van der Waals surface area contributed by atoms with Gasteiger partial charge in [0.25, 0.3) is 0 Å². The first-order valence-electron chi connectivity index (χ1n) is 8.94. The number of carbonyl (C=O) groups is 2. The predicted molar refractivity (Wildman–Crippen MR) is 110 cm³/mol. The Morgan fingerprint density at radius 2 is 1.83 bits per heavy atom. The third kappa shape index (κ3) is 4.30. The molecule has 2 N–H and O–H groups in total. The number of aromatic nitrogens is 1. The lowest BCUT2D eigenvalue weighted by molar-refractivity contribution is -0.118. The lowest BCUT2D eigenvalue weighted by atomic mass is 10.0. The summed E-state index contributed by atoms with van der Waals surface area (Å²) in [5.74, 6) is -1.31. The van der Waals surface area contributed by atoms with Gasteiger partial charge >= 0.3 is 5.97 Å². The van der Waals surface area contributed by atoms with Gasteiger partial charge in [0, 0.05) is 16.6 Å². The quantitative estimate of drug-likeness (QED) is 0.408. The van der Waals surface area contributed by atoms with E-state index in [1.54, 1.807) is 24.3 Å². The van der Waals surface area contributed by atoms with E-state index in [9.17, 15) is 9.59 Å². The van der Waals surface area contributed by atoms with Gasteiger partial charge in [-0.05, 0) is 26.0 Å². The topological polar surface area (TPSA) is 106 Å². The monoisotopic (exact) mass is 385 g/mol. The largest absolute Gasteiger partial charge is 0.454 e. The molecule has 0 aliphatic heterocycles. The molecule has 0 atom stereocenters. The van der Waals surface area contributed by atoms with Crippen LogP contribution in [0, 0.1) is 18.3 Å². The highest BCUT2D eigenvalue weighted by atomic mass is 16.5. The second-order valence-corrected chi connectivity index (χ2v) is 6.61. The van der Waals surface area contributed by atoms with Crippen molar-refractivity contribution in [3.8, 4) is 17.3 Å². The van der Waals surface area contributed by atoms with Gasteiger partial charge in [-0.3, -0.25) is 4.79 Å². The molecule has 6 nitrogen and oxygen atoms in total. The molecule has 0 radical (unpaired) electrons. The number of rotatable bonds is 5. The van der Waals surface area contributed by atoms with Gasteiger partial charge in [0.2, 0.25) is 5.78 Å². The van der Waals surface area contributed by atoms with Crippen LogP contribution in [0.15, 0.2) is 65.9 Å². The minimum Gasteiger partial charge on any atom is -0.454 e. The molecule has 29 heavy (non-hydrogen) atoms. The summed E-state index contributed by atoms with van der Waals surface area (Å²) in [5.41, 5.74) is 8.93. The van der Waals surface area contributed by atoms with Crippen molar-refractivity contribution in [2.75, 3.05) is 6.61 Å². The van der Waals surface area contributed by atoms with Crippen molar-refractivity contribution in [2.24, 2.45) is 5.73 Å². The second kappa shape index (κ2) is 8.36. The number of fused-ring (bicyclic) bond motifs is 1. The van der Waals surface area contributed by atoms with E-state index in [0.717, 1.165) is 11.1 Å². The third-order valence-corrected chi connectivity index (χ3v) is 4.40. The summed E-state index contributed by atoms with van der Waals surface area (Å²) < 4.78 is 5.18. The highest BCUT2D eigenvalue weighted by Crippen LogP contribution is 2.25. The predicted octanol–water partition coefficient (Wildman–Crippen LogP) is 3.69. The van der Waals surface area contributed by atoms with Crippen LogP contribution in [0.25, 0.3) is 22.2 Å².